The molecule has 10 nitrogen and oxygen atoms in total. The molecule has 1 heterocycles. The van der Waals surface area contributed by atoms with E-state index in [9.17, 15) is 24.0 Å². The number of carbonyl (C=O) groups excluding carboxylic acids is 5. The predicted octanol–water partition coefficient (Wildman–Crippen LogP) is 1.25. The van der Waals surface area contributed by atoms with Crippen LogP contribution in [0.15, 0.2) is 36.4 Å². The molecule has 2 rings (SSSR count). The molecule has 0 spiro atoms. The van der Waals surface area contributed by atoms with Crippen LogP contribution in [0, 0.1) is 5.92 Å². The quantitative estimate of drug-likeness (QED) is 0.230. The predicted molar refractivity (Wildman–Crippen MR) is 130 cm³/mol. The number of imide groups is 1. The molecule has 190 valence electrons. The number of benzene rings is 1. The Bertz CT molecular complexity index is 926. The summed E-state index contributed by atoms with van der Waals surface area (Å²) in [6.45, 7) is 3.75. The topological polar surface area (TPSA) is 145 Å². The highest BCUT2D eigenvalue weighted by Gasteiger charge is 2.26. The zero-order valence-electron chi connectivity index (χ0n) is 20.2. The second kappa shape index (κ2) is 14.0. The first-order valence-electron chi connectivity index (χ1n) is 11.8. The Morgan fingerprint density at radius 1 is 0.971 bits per heavy atom. The third kappa shape index (κ3) is 8.97. The first-order chi connectivity index (χ1) is 16.7. The summed E-state index contributed by atoms with van der Waals surface area (Å²) < 4.78 is 0. The number of hydrogen-bond acceptors (Lipinski definition) is 6. The number of amides is 5. The molecule has 1 aliphatic rings. The van der Waals surface area contributed by atoms with Crippen molar-refractivity contribution in [2.45, 2.75) is 58.6 Å². The third-order valence-corrected chi connectivity index (χ3v) is 5.84. The molecule has 0 aromatic heterocycles. The number of unbranched alkanes of at least 4 members (excludes halogenated alkanes) is 2. The van der Waals surface area contributed by atoms with Crippen molar-refractivity contribution < 1.29 is 29.1 Å². The van der Waals surface area contributed by atoms with Crippen LogP contribution in [0.4, 0.5) is 5.69 Å². The van der Waals surface area contributed by atoms with Gasteiger partial charge in [0.05, 0.1) is 13.2 Å². The fourth-order valence-electron chi connectivity index (χ4n) is 3.51. The zero-order valence-corrected chi connectivity index (χ0v) is 20.2. The lowest BCUT2D eigenvalue weighted by Gasteiger charge is -2.23. The van der Waals surface area contributed by atoms with Crippen molar-refractivity contribution >= 4 is 35.2 Å². The lowest BCUT2D eigenvalue weighted by atomic mass is 9.98. The Morgan fingerprint density at radius 3 is 2.23 bits per heavy atom. The SMILES string of the molecule is CCC(C)[C@H](NC(=O)CCCCCN1C(=O)C=CC1=O)C(=O)NCC(=O)Nc1ccc(CO)cc1. The summed E-state index contributed by atoms with van der Waals surface area (Å²) in [7, 11) is 0. The van der Waals surface area contributed by atoms with Gasteiger partial charge in [0, 0.05) is 30.8 Å². The van der Waals surface area contributed by atoms with Gasteiger partial charge >= 0.3 is 0 Å². The number of aliphatic hydroxyl groups is 1. The Morgan fingerprint density at radius 2 is 1.63 bits per heavy atom. The lowest BCUT2D eigenvalue weighted by molar-refractivity contribution is -0.137. The van der Waals surface area contributed by atoms with Crippen LogP contribution >= 0.6 is 0 Å². The Labute approximate surface area is 205 Å². The van der Waals surface area contributed by atoms with Crippen molar-refractivity contribution in [1.29, 1.82) is 0 Å². The van der Waals surface area contributed by atoms with Crippen LogP contribution in [0.2, 0.25) is 0 Å². The van der Waals surface area contributed by atoms with Crippen molar-refractivity contribution in [3.05, 3.63) is 42.0 Å². The van der Waals surface area contributed by atoms with E-state index in [0.29, 0.717) is 37.9 Å². The molecular weight excluding hydrogens is 452 g/mol. The minimum Gasteiger partial charge on any atom is -0.392 e. The maximum absolute atomic E-state index is 12.7. The van der Waals surface area contributed by atoms with E-state index in [-0.39, 0.29) is 43.2 Å². The van der Waals surface area contributed by atoms with Gasteiger partial charge in [0.25, 0.3) is 11.8 Å². The Hall–Kier alpha value is -3.53. The van der Waals surface area contributed by atoms with E-state index in [0.717, 1.165) is 5.56 Å². The summed E-state index contributed by atoms with van der Waals surface area (Å²) >= 11 is 0. The fraction of sp³-hybridized carbons (Fsp3) is 0.480. The van der Waals surface area contributed by atoms with E-state index < -0.39 is 17.9 Å². The molecule has 0 saturated heterocycles. The zero-order chi connectivity index (χ0) is 25.8. The molecule has 1 unspecified atom stereocenters. The van der Waals surface area contributed by atoms with Gasteiger partial charge in [-0.15, -0.1) is 0 Å². The van der Waals surface area contributed by atoms with Crippen LogP contribution < -0.4 is 16.0 Å². The molecule has 35 heavy (non-hydrogen) atoms. The molecule has 0 saturated carbocycles. The van der Waals surface area contributed by atoms with E-state index in [1.807, 2.05) is 13.8 Å². The summed E-state index contributed by atoms with van der Waals surface area (Å²) in [6.07, 6.45) is 5.17. The van der Waals surface area contributed by atoms with E-state index >= 15 is 0 Å². The highest BCUT2D eigenvalue weighted by atomic mass is 16.3. The van der Waals surface area contributed by atoms with Gasteiger partial charge in [-0.3, -0.25) is 28.9 Å². The lowest BCUT2D eigenvalue weighted by Crippen LogP contribution is -2.51. The smallest absolute Gasteiger partial charge is 0.253 e. The van der Waals surface area contributed by atoms with Crippen LogP contribution in [0.1, 0.15) is 51.5 Å². The number of anilines is 1. The second-order valence-corrected chi connectivity index (χ2v) is 8.52. The normalized spacial score (nSPS) is 14.5. The summed E-state index contributed by atoms with van der Waals surface area (Å²) in [5.74, 6) is -1.88. The molecule has 0 radical (unpaired) electrons. The van der Waals surface area contributed by atoms with E-state index in [2.05, 4.69) is 16.0 Å². The molecule has 2 atom stereocenters. The number of aliphatic hydroxyl groups excluding tert-OH is 1. The highest BCUT2D eigenvalue weighted by molar-refractivity contribution is 6.12. The molecule has 0 fully saturated rings. The van der Waals surface area contributed by atoms with Gasteiger partial charge in [-0.2, -0.15) is 0 Å². The van der Waals surface area contributed by atoms with E-state index in [4.69, 9.17) is 5.11 Å². The van der Waals surface area contributed by atoms with Gasteiger partial charge in [-0.05, 0) is 36.5 Å². The minimum absolute atomic E-state index is 0.0919. The van der Waals surface area contributed by atoms with Gasteiger partial charge < -0.3 is 21.1 Å². The molecule has 1 aromatic rings. The number of carbonyl (C=O) groups is 5. The fourth-order valence-corrected chi connectivity index (χ4v) is 3.51. The van der Waals surface area contributed by atoms with Crippen molar-refractivity contribution in [2.24, 2.45) is 5.92 Å². The van der Waals surface area contributed by atoms with Crippen LogP contribution in [-0.2, 0) is 30.6 Å². The number of nitrogens with zero attached hydrogens (tertiary/aromatic N) is 1. The Balaban J connectivity index is 1.73. The van der Waals surface area contributed by atoms with Gasteiger partial charge in [-0.1, -0.05) is 38.8 Å². The van der Waals surface area contributed by atoms with Crippen LogP contribution in [0.5, 0.6) is 0 Å². The largest absolute Gasteiger partial charge is 0.392 e. The van der Waals surface area contributed by atoms with E-state index in [1.165, 1.54) is 17.1 Å². The minimum atomic E-state index is -0.768. The molecular formula is C25H34N4O6. The summed E-state index contributed by atoms with van der Waals surface area (Å²) in [5, 5.41) is 17.1. The molecule has 5 amide bonds. The molecule has 0 aliphatic carbocycles. The molecule has 10 heteroatoms. The van der Waals surface area contributed by atoms with Crippen LogP contribution in [0.25, 0.3) is 0 Å². The van der Waals surface area contributed by atoms with Crippen molar-refractivity contribution in [1.82, 2.24) is 15.5 Å². The Kier molecular flexibility index (Phi) is 11.1. The summed E-state index contributed by atoms with van der Waals surface area (Å²) in [4.78, 5) is 61.5. The van der Waals surface area contributed by atoms with Crippen LogP contribution in [0.3, 0.4) is 0 Å². The first-order valence-corrected chi connectivity index (χ1v) is 11.8. The number of rotatable bonds is 14. The second-order valence-electron chi connectivity index (χ2n) is 8.52. The van der Waals surface area contributed by atoms with Crippen molar-refractivity contribution in [3.63, 3.8) is 0 Å². The van der Waals surface area contributed by atoms with Crippen molar-refractivity contribution in [2.75, 3.05) is 18.4 Å². The molecule has 1 aromatic carbocycles. The molecule has 4 N–H and O–H groups in total. The highest BCUT2D eigenvalue weighted by Crippen LogP contribution is 2.11. The maximum atomic E-state index is 12.7. The third-order valence-electron chi connectivity index (χ3n) is 5.84. The van der Waals surface area contributed by atoms with Gasteiger partial charge in [0.2, 0.25) is 17.7 Å². The van der Waals surface area contributed by atoms with Gasteiger partial charge in [0.15, 0.2) is 0 Å². The molecule has 1 aliphatic heterocycles. The maximum Gasteiger partial charge on any atom is 0.253 e. The number of nitrogens with one attached hydrogen (secondary N) is 3. The summed E-state index contributed by atoms with van der Waals surface area (Å²) in [6, 6.07) is 5.92. The monoisotopic (exact) mass is 486 g/mol. The first kappa shape index (κ1) is 27.7. The van der Waals surface area contributed by atoms with Gasteiger partial charge in [0.1, 0.15) is 6.04 Å². The van der Waals surface area contributed by atoms with Crippen LogP contribution in [-0.4, -0.2) is 58.7 Å². The summed E-state index contributed by atoms with van der Waals surface area (Å²) in [5.41, 5.74) is 1.26. The van der Waals surface area contributed by atoms with E-state index in [1.54, 1.807) is 24.3 Å². The van der Waals surface area contributed by atoms with Gasteiger partial charge in [-0.25, -0.2) is 0 Å². The number of hydrogen-bond donors (Lipinski definition) is 4. The molecule has 0 bridgehead atoms. The average molecular weight is 487 g/mol. The average Bonchev–Trinajstić information content (AvgIpc) is 3.17. The standard InChI is InChI=1S/C25H34N4O6/c1-3-17(2)24(25(35)26-15-21(32)27-19-10-8-18(16-30)9-11-19)28-20(31)7-5-4-6-14-29-22(33)12-13-23(29)34/h8-13,17,24,30H,3-7,14-16H2,1-2H3,(H,26,35)(H,27,32)(H,28,31)/t17?,24-/m0/s1. The van der Waals surface area contributed by atoms with Crippen molar-refractivity contribution in [3.8, 4) is 0 Å².